The van der Waals surface area contributed by atoms with Gasteiger partial charge in [0.2, 0.25) is 0 Å². The van der Waals surface area contributed by atoms with E-state index in [1.165, 1.54) is 23.5 Å². The van der Waals surface area contributed by atoms with Gasteiger partial charge in [-0.2, -0.15) is 0 Å². The average Bonchev–Trinajstić information content (AvgIpc) is 2.92. The topological polar surface area (TPSA) is 111 Å². The van der Waals surface area contributed by atoms with E-state index in [1.54, 1.807) is 6.20 Å². The maximum absolute atomic E-state index is 11.0. The Morgan fingerprint density at radius 1 is 1.29 bits per heavy atom. The molecule has 0 unspecified atom stereocenters. The van der Waals surface area contributed by atoms with Crippen LogP contribution in [-0.2, 0) is 13.0 Å². The molecule has 0 spiro atoms. The van der Waals surface area contributed by atoms with Crippen LogP contribution >= 0.6 is 11.3 Å². The SMILES string of the molecule is CCc1cnc(CNc2ccc([N+](=O)[O-])cc2[N+](=O)[O-])s1. The lowest BCUT2D eigenvalue weighted by Crippen LogP contribution is -2.03. The van der Waals surface area contributed by atoms with Gasteiger partial charge in [-0.1, -0.05) is 6.92 Å². The lowest BCUT2D eigenvalue weighted by atomic mass is 10.2. The number of benzene rings is 1. The monoisotopic (exact) mass is 308 g/mol. The summed E-state index contributed by atoms with van der Waals surface area (Å²) < 4.78 is 0. The first-order valence-corrected chi connectivity index (χ1v) is 6.93. The smallest absolute Gasteiger partial charge is 0.299 e. The molecule has 0 aliphatic heterocycles. The Labute approximate surface area is 123 Å². The average molecular weight is 308 g/mol. The van der Waals surface area contributed by atoms with Gasteiger partial charge in [-0.25, -0.2) is 4.98 Å². The van der Waals surface area contributed by atoms with Crippen LogP contribution in [0.25, 0.3) is 0 Å². The van der Waals surface area contributed by atoms with Crippen molar-refractivity contribution in [3.05, 3.63) is 54.5 Å². The quantitative estimate of drug-likeness (QED) is 0.648. The fraction of sp³-hybridized carbons (Fsp3) is 0.250. The van der Waals surface area contributed by atoms with Crippen LogP contribution in [0, 0.1) is 20.2 Å². The Kier molecular flexibility index (Phi) is 4.43. The highest BCUT2D eigenvalue weighted by molar-refractivity contribution is 7.11. The number of non-ortho nitro benzene ring substituents is 1. The number of rotatable bonds is 6. The van der Waals surface area contributed by atoms with Gasteiger partial charge in [-0.15, -0.1) is 11.3 Å². The van der Waals surface area contributed by atoms with Gasteiger partial charge in [-0.05, 0) is 12.5 Å². The third-order valence-corrected chi connectivity index (χ3v) is 3.91. The Hall–Kier alpha value is -2.55. The fourth-order valence-corrected chi connectivity index (χ4v) is 2.50. The minimum absolute atomic E-state index is 0.235. The summed E-state index contributed by atoms with van der Waals surface area (Å²) in [6.07, 6.45) is 2.65. The molecule has 8 nitrogen and oxygen atoms in total. The summed E-state index contributed by atoms with van der Waals surface area (Å²) in [5.74, 6) is 0. The van der Waals surface area contributed by atoms with Crippen LogP contribution in [0.4, 0.5) is 17.1 Å². The largest absolute Gasteiger partial charge is 0.373 e. The second-order valence-electron chi connectivity index (χ2n) is 4.14. The summed E-state index contributed by atoms with van der Waals surface area (Å²) in [6.45, 7) is 2.36. The molecule has 110 valence electrons. The van der Waals surface area contributed by atoms with Crippen LogP contribution in [0.2, 0.25) is 0 Å². The maximum Gasteiger partial charge on any atom is 0.299 e. The van der Waals surface area contributed by atoms with E-state index in [1.807, 2.05) is 6.92 Å². The zero-order valence-corrected chi connectivity index (χ0v) is 11.9. The molecular weight excluding hydrogens is 296 g/mol. The second kappa shape index (κ2) is 6.27. The molecule has 0 saturated carbocycles. The summed E-state index contributed by atoms with van der Waals surface area (Å²) in [5, 5.41) is 25.3. The van der Waals surface area contributed by atoms with Crippen LogP contribution in [-0.4, -0.2) is 14.8 Å². The Morgan fingerprint density at radius 3 is 2.62 bits per heavy atom. The van der Waals surface area contributed by atoms with Crippen molar-refractivity contribution in [3.8, 4) is 0 Å². The molecule has 0 aliphatic carbocycles. The van der Waals surface area contributed by atoms with Crippen LogP contribution in [0.5, 0.6) is 0 Å². The van der Waals surface area contributed by atoms with E-state index in [0.717, 1.165) is 22.4 Å². The zero-order chi connectivity index (χ0) is 15.4. The number of anilines is 1. The van der Waals surface area contributed by atoms with E-state index in [4.69, 9.17) is 0 Å². The summed E-state index contributed by atoms with van der Waals surface area (Å²) >= 11 is 1.52. The molecule has 1 heterocycles. The number of aryl methyl sites for hydroxylation is 1. The van der Waals surface area contributed by atoms with Crippen molar-refractivity contribution in [1.29, 1.82) is 0 Å². The minimum Gasteiger partial charge on any atom is -0.373 e. The summed E-state index contributed by atoms with van der Waals surface area (Å²) in [4.78, 5) is 25.7. The molecule has 9 heteroatoms. The van der Waals surface area contributed by atoms with Gasteiger partial charge >= 0.3 is 0 Å². The van der Waals surface area contributed by atoms with Crippen LogP contribution in [0.1, 0.15) is 16.8 Å². The van der Waals surface area contributed by atoms with Crippen LogP contribution < -0.4 is 5.32 Å². The molecule has 0 radical (unpaired) electrons. The minimum atomic E-state index is -0.662. The third-order valence-electron chi connectivity index (χ3n) is 2.77. The van der Waals surface area contributed by atoms with Crippen molar-refractivity contribution < 1.29 is 9.85 Å². The van der Waals surface area contributed by atoms with Crippen molar-refractivity contribution in [1.82, 2.24) is 4.98 Å². The number of hydrogen-bond donors (Lipinski definition) is 1. The van der Waals surface area contributed by atoms with Gasteiger partial charge in [0, 0.05) is 17.1 Å². The summed E-state index contributed by atoms with van der Waals surface area (Å²) in [7, 11) is 0. The molecule has 0 saturated heterocycles. The van der Waals surface area contributed by atoms with Gasteiger partial charge < -0.3 is 5.32 Å². The molecule has 0 atom stereocenters. The molecule has 1 aromatic carbocycles. The predicted octanol–water partition coefficient (Wildman–Crippen LogP) is 3.13. The molecule has 0 amide bonds. The number of aromatic nitrogens is 1. The number of hydrogen-bond acceptors (Lipinski definition) is 7. The first-order valence-electron chi connectivity index (χ1n) is 6.11. The van der Waals surface area contributed by atoms with Gasteiger partial charge in [0.1, 0.15) is 10.7 Å². The first kappa shape index (κ1) is 14.9. The molecule has 0 aliphatic rings. The van der Waals surface area contributed by atoms with E-state index in [2.05, 4.69) is 10.3 Å². The molecule has 1 N–H and O–H groups in total. The molecule has 0 fully saturated rings. The number of nitrogens with one attached hydrogen (secondary N) is 1. The van der Waals surface area contributed by atoms with E-state index < -0.39 is 9.85 Å². The molecule has 2 rings (SSSR count). The van der Waals surface area contributed by atoms with E-state index >= 15 is 0 Å². The van der Waals surface area contributed by atoms with E-state index in [9.17, 15) is 20.2 Å². The Bertz CT molecular complexity index is 686. The number of nitro benzene ring substituents is 2. The lowest BCUT2D eigenvalue weighted by molar-refractivity contribution is -0.393. The van der Waals surface area contributed by atoms with Crippen molar-refractivity contribution in [3.63, 3.8) is 0 Å². The second-order valence-corrected chi connectivity index (χ2v) is 5.34. The highest BCUT2D eigenvalue weighted by Crippen LogP contribution is 2.29. The maximum atomic E-state index is 11.0. The summed E-state index contributed by atoms with van der Waals surface area (Å²) in [5.41, 5.74) is -0.398. The molecule has 21 heavy (non-hydrogen) atoms. The fourth-order valence-electron chi connectivity index (χ4n) is 1.70. The molecule has 1 aromatic heterocycles. The van der Waals surface area contributed by atoms with Crippen molar-refractivity contribution in [2.75, 3.05) is 5.32 Å². The number of thiazole rings is 1. The number of nitrogens with zero attached hydrogens (tertiary/aromatic N) is 3. The third kappa shape index (κ3) is 3.51. The van der Waals surface area contributed by atoms with Gasteiger partial charge in [-0.3, -0.25) is 20.2 Å². The molecular formula is C12H12N4O4S. The van der Waals surface area contributed by atoms with Gasteiger partial charge in [0.25, 0.3) is 11.4 Å². The standard InChI is InChI=1S/C12H12N4O4S/c1-2-9-6-14-12(21-9)7-13-10-4-3-8(15(17)18)5-11(10)16(19)20/h3-6,13H,2,7H2,1H3. The Balaban J connectivity index is 2.19. The molecule has 2 aromatic rings. The normalized spacial score (nSPS) is 10.3. The van der Waals surface area contributed by atoms with Crippen LogP contribution in [0.15, 0.2) is 24.4 Å². The highest BCUT2D eigenvalue weighted by Gasteiger charge is 2.19. The van der Waals surface area contributed by atoms with Gasteiger partial charge in [0.05, 0.1) is 22.5 Å². The lowest BCUT2D eigenvalue weighted by Gasteiger charge is -2.05. The molecule has 0 bridgehead atoms. The van der Waals surface area contributed by atoms with E-state index in [0.29, 0.717) is 6.54 Å². The van der Waals surface area contributed by atoms with Gasteiger partial charge in [0.15, 0.2) is 0 Å². The van der Waals surface area contributed by atoms with Crippen molar-refractivity contribution in [2.24, 2.45) is 0 Å². The zero-order valence-electron chi connectivity index (χ0n) is 11.1. The first-order chi connectivity index (χ1) is 10.0. The van der Waals surface area contributed by atoms with Crippen molar-refractivity contribution >= 4 is 28.4 Å². The number of nitro groups is 2. The Morgan fingerprint density at radius 2 is 2.05 bits per heavy atom. The van der Waals surface area contributed by atoms with Crippen LogP contribution in [0.3, 0.4) is 0 Å². The predicted molar refractivity (Wildman–Crippen MR) is 78.6 cm³/mol. The van der Waals surface area contributed by atoms with Crippen molar-refractivity contribution in [2.45, 2.75) is 19.9 Å². The highest BCUT2D eigenvalue weighted by atomic mass is 32.1. The summed E-state index contributed by atoms with van der Waals surface area (Å²) in [6, 6.07) is 3.51. The van der Waals surface area contributed by atoms with E-state index in [-0.39, 0.29) is 17.1 Å².